The standard InChI is InChI=1S/C14H17BrN2.HI/c1-2-16-10-4-5-11-12-7-9(15)3-6-13(12)17-14(11)8-10;/h3,6-7,10,16-17H,2,4-5,8H2,1H3;1H. The van der Waals surface area contributed by atoms with Crippen LogP contribution in [0.15, 0.2) is 22.7 Å². The lowest BCUT2D eigenvalue weighted by Gasteiger charge is -2.22. The van der Waals surface area contributed by atoms with Gasteiger partial charge in [0.1, 0.15) is 0 Å². The van der Waals surface area contributed by atoms with Gasteiger partial charge in [-0.15, -0.1) is 24.0 Å². The molecule has 0 amide bonds. The van der Waals surface area contributed by atoms with Crippen LogP contribution in [0.5, 0.6) is 0 Å². The summed E-state index contributed by atoms with van der Waals surface area (Å²) < 4.78 is 1.17. The molecule has 0 saturated carbocycles. The number of aromatic nitrogens is 1. The molecule has 2 N–H and O–H groups in total. The monoisotopic (exact) mass is 420 g/mol. The molecule has 1 aliphatic rings. The van der Waals surface area contributed by atoms with Gasteiger partial charge in [0.15, 0.2) is 0 Å². The van der Waals surface area contributed by atoms with E-state index in [4.69, 9.17) is 0 Å². The van der Waals surface area contributed by atoms with E-state index >= 15 is 0 Å². The van der Waals surface area contributed by atoms with Crippen LogP contribution in [0.2, 0.25) is 0 Å². The minimum atomic E-state index is 0. The van der Waals surface area contributed by atoms with Crippen LogP contribution in [0.4, 0.5) is 0 Å². The average Bonchev–Trinajstić information content (AvgIpc) is 2.66. The zero-order valence-electron chi connectivity index (χ0n) is 10.4. The largest absolute Gasteiger partial charge is 0.358 e. The summed E-state index contributed by atoms with van der Waals surface area (Å²) in [5.74, 6) is 0. The van der Waals surface area contributed by atoms with Gasteiger partial charge in [0.05, 0.1) is 0 Å². The molecule has 18 heavy (non-hydrogen) atoms. The van der Waals surface area contributed by atoms with Crippen molar-refractivity contribution in [1.29, 1.82) is 0 Å². The molecule has 1 atom stereocenters. The molecule has 0 spiro atoms. The first kappa shape index (κ1) is 14.3. The Bertz CT molecular complexity index is 550. The number of H-pyrrole nitrogens is 1. The summed E-state index contributed by atoms with van der Waals surface area (Å²) in [6.07, 6.45) is 3.57. The van der Waals surface area contributed by atoms with E-state index in [0.717, 1.165) is 13.0 Å². The number of benzene rings is 1. The second-order valence-corrected chi connectivity index (χ2v) is 5.69. The van der Waals surface area contributed by atoms with E-state index in [2.05, 4.69) is 51.4 Å². The predicted molar refractivity (Wildman–Crippen MR) is 90.9 cm³/mol. The van der Waals surface area contributed by atoms with Crippen molar-refractivity contribution in [2.45, 2.75) is 32.2 Å². The normalized spacial score (nSPS) is 18.4. The molecule has 1 unspecified atom stereocenters. The van der Waals surface area contributed by atoms with E-state index in [1.54, 1.807) is 0 Å². The first-order valence-corrected chi connectivity index (χ1v) is 7.09. The van der Waals surface area contributed by atoms with Crippen LogP contribution in [0.25, 0.3) is 10.9 Å². The fourth-order valence-corrected chi connectivity index (χ4v) is 3.23. The Hall–Kier alpha value is -0.0700. The van der Waals surface area contributed by atoms with Crippen LogP contribution in [0, 0.1) is 0 Å². The minimum Gasteiger partial charge on any atom is -0.358 e. The average molecular weight is 421 g/mol. The number of likely N-dealkylation sites (N-methyl/N-ethyl adjacent to an activating group) is 1. The molecule has 2 nitrogen and oxygen atoms in total. The van der Waals surface area contributed by atoms with E-state index in [-0.39, 0.29) is 24.0 Å². The van der Waals surface area contributed by atoms with Gasteiger partial charge in [-0.1, -0.05) is 22.9 Å². The maximum Gasteiger partial charge on any atom is 0.0459 e. The summed E-state index contributed by atoms with van der Waals surface area (Å²) in [5, 5.41) is 4.94. The van der Waals surface area contributed by atoms with Gasteiger partial charge in [-0.3, -0.25) is 0 Å². The summed E-state index contributed by atoms with van der Waals surface area (Å²) in [5.41, 5.74) is 4.22. The summed E-state index contributed by atoms with van der Waals surface area (Å²) in [7, 11) is 0. The van der Waals surface area contributed by atoms with E-state index in [1.165, 1.54) is 39.5 Å². The second kappa shape index (κ2) is 5.92. The molecule has 1 heterocycles. The highest BCUT2D eigenvalue weighted by Gasteiger charge is 2.21. The Morgan fingerprint density at radius 2 is 2.28 bits per heavy atom. The van der Waals surface area contributed by atoms with Crippen molar-refractivity contribution >= 4 is 50.8 Å². The quantitative estimate of drug-likeness (QED) is 0.705. The molecule has 1 aromatic carbocycles. The van der Waals surface area contributed by atoms with E-state index in [1.807, 2.05) is 0 Å². The fraction of sp³-hybridized carbons (Fsp3) is 0.429. The van der Waals surface area contributed by atoms with Crippen LogP contribution in [-0.2, 0) is 12.8 Å². The van der Waals surface area contributed by atoms with Gasteiger partial charge in [-0.25, -0.2) is 0 Å². The van der Waals surface area contributed by atoms with Crippen molar-refractivity contribution in [2.24, 2.45) is 0 Å². The smallest absolute Gasteiger partial charge is 0.0459 e. The number of fused-ring (bicyclic) bond motifs is 3. The third kappa shape index (κ3) is 2.60. The summed E-state index contributed by atoms with van der Waals surface area (Å²) in [6, 6.07) is 7.15. The molecular formula is C14H18BrIN2. The predicted octanol–water partition coefficient (Wildman–Crippen LogP) is 4.02. The molecule has 0 fully saturated rings. The molecule has 1 aromatic heterocycles. The van der Waals surface area contributed by atoms with Gasteiger partial charge in [0.25, 0.3) is 0 Å². The number of halogens is 2. The number of aryl methyl sites for hydroxylation is 1. The number of hydrogen-bond acceptors (Lipinski definition) is 1. The minimum absolute atomic E-state index is 0. The lowest BCUT2D eigenvalue weighted by atomic mass is 9.92. The highest BCUT2D eigenvalue weighted by atomic mass is 127. The Morgan fingerprint density at radius 1 is 1.44 bits per heavy atom. The number of hydrogen-bond donors (Lipinski definition) is 2. The zero-order valence-corrected chi connectivity index (χ0v) is 14.3. The highest BCUT2D eigenvalue weighted by Crippen LogP contribution is 2.30. The SMILES string of the molecule is CCNC1CCc2c([nH]c3ccc(Br)cc23)C1.I. The Balaban J connectivity index is 0.00000120. The Labute approximate surface area is 133 Å². The number of aromatic amines is 1. The zero-order chi connectivity index (χ0) is 11.8. The second-order valence-electron chi connectivity index (χ2n) is 4.77. The maximum absolute atomic E-state index is 3.57. The molecule has 3 rings (SSSR count). The Kier molecular flexibility index (Phi) is 4.72. The van der Waals surface area contributed by atoms with Crippen LogP contribution < -0.4 is 5.32 Å². The summed E-state index contributed by atoms with van der Waals surface area (Å²) in [4.78, 5) is 3.57. The van der Waals surface area contributed by atoms with Crippen LogP contribution in [-0.4, -0.2) is 17.6 Å². The third-order valence-corrected chi connectivity index (χ3v) is 4.14. The fourth-order valence-electron chi connectivity index (χ4n) is 2.87. The van der Waals surface area contributed by atoms with Crippen molar-refractivity contribution in [3.63, 3.8) is 0 Å². The summed E-state index contributed by atoms with van der Waals surface area (Å²) >= 11 is 3.56. The molecule has 1 aliphatic carbocycles. The van der Waals surface area contributed by atoms with Crippen molar-refractivity contribution < 1.29 is 0 Å². The lowest BCUT2D eigenvalue weighted by molar-refractivity contribution is 0.468. The molecule has 4 heteroatoms. The Morgan fingerprint density at radius 3 is 3.06 bits per heavy atom. The highest BCUT2D eigenvalue weighted by molar-refractivity contribution is 14.0. The molecule has 98 valence electrons. The number of nitrogens with one attached hydrogen (secondary N) is 2. The molecule has 0 bridgehead atoms. The first-order valence-electron chi connectivity index (χ1n) is 6.30. The van der Waals surface area contributed by atoms with Crippen molar-refractivity contribution in [2.75, 3.05) is 6.54 Å². The summed E-state index contributed by atoms with van der Waals surface area (Å²) in [6.45, 7) is 3.24. The van der Waals surface area contributed by atoms with Crippen molar-refractivity contribution in [1.82, 2.24) is 10.3 Å². The van der Waals surface area contributed by atoms with Crippen molar-refractivity contribution in [3.05, 3.63) is 33.9 Å². The van der Waals surface area contributed by atoms with Crippen LogP contribution in [0.1, 0.15) is 24.6 Å². The van der Waals surface area contributed by atoms with E-state index in [9.17, 15) is 0 Å². The maximum atomic E-state index is 3.57. The molecule has 0 radical (unpaired) electrons. The van der Waals surface area contributed by atoms with Gasteiger partial charge < -0.3 is 10.3 Å². The first-order chi connectivity index (χ1) is 8.28. The van der Waals surface area contributed by atoms with Gasteiger partial charge in [-0.05, 0) is 43.1 Å². The van der Waals surface area contributed by atoms with Gasteiger partial charge >= 0.3 is 0 Å². The van der Waals surface area contributed by atoms with Crippen LogP contribution >= 0.6 is 39.9 Å². The van der Waals surface area contributed by atoms with Crippen LogP contribution in [0.3, 0.4) is 0 Å². The van der Waals surface area contributed by atoms with Crippen molar-refractivity contribution in [3.8, 4) is 0 Å². The van der Waals surface area contributed by atoms with E-state index in [0.29, 0.717) is 6.04 Å². The number of rotatable bonds is 2. The molecule has 0 saturated heterocycles. The van der Waals surface area contributed by atoms with Gasteiger partial charge in [0, 0.05) is 33.5 Å². The molecular weight excluding hydrogens is 403 g/mol. The van der Waals surface area contributed by atoms with E-state index < -0.39 is 0 Å². The lowest BCUT2D eigenvalue weighted by Crippen LogP contribution is -2.34. The topological polar surface area (TPSA) is 27.8 Å². The third-order valence-electron chi connectivity index (χ3n) is 3.64. The molecule has 0 aliphatic heterocycles. The van der Waals surface area contributed by atoms with Gasteiger partial charge in [-0.2, -0.15) is 0 Å². The van der Waals surface area contributed by atoms with Gasteiger partial charge in [0.2, 0.25) is 0 Å². The molecule has 2 aromatic rings.